The molecule has 15 heavy (non-hydrogen) atoms. The van der Waals surface area contributed by atoms with E-state index in [0.717, 1.165) is 0 Å². The van der Waals surface area contributed by atoms with E-state index in [0.29, 0.717) is 18.8 Å². The van der Waals surface area contributed by atoms with Crippen molar-refractivity contribution in [2.24, 2.45) is 5.92 Å². The molecule has 84 valence electrons. The maximum Gasteiger partial charge on any atom is 0.408 e. The highest BCUT2D eigenvalue weighted by atomic mass is 16.6. The van der Waals surface area contributed by atoms with Crippen molar-refractivity contribution >= 4 is 6.09 Å². The number of hydrogen-bond acceptors (Lipinski definition) is 2. The van der Waals surface area contributed by atoms with E-state index in [1.165, 1.54) is 0 Å². The van der Waals surface area contributed by atoms with Gasteiger partial charge in [-0.25, -0.2) is 4.79 Å². The van der Waals surface area contributed by atoms with Crippen LogP contribution in [0.4, 0.5) is 4.79 Å². The first-order valence-corrected chi connectivity index (χ1v) is 5.27. The van der Waals surface area contributed by atoms with Gasteiger partial charge in [-0.05, 0) is 5.92 Å². The van der Waals surface area contributed by atoms with Crippen LogP contribution >= 0.6 is 0 Å². The quantitative estimate of drug-likeness (QED) is 0.707. The molecule has 3 heteroatoms. The smallest absolute Gasteiger partial charge is 0.408 e. The molecule has 0 aromatic carbocycles. The zero-order valence-corrected chi connectivity index (χ0v) is 9.45. The van der Waals surface area contributed by atoms with E-state index >= 15 is 0 Å². The SMILES string of the molecule is C=CCC1(CC=C)OC(=O)NC1C(C)C. The van der Waals surface area contributed by atoms with Crippen molar-refractivity contribution in [1.29, 1.82) is 0 Å². The maximum absolute atomic E-state index is 11.3. The third kappa shape index (κ3) is 2.22. The Hall–Kier alpha value is -1.25. The van der Waals surface area contributed by atoms with E-state index in [1.807, 2.05) is 0 Å². The average molecular weight is 209 g/mol. The van der Waals surface area contributed by atoms with Crippen LogP contribution in [0.3, 0.4) is 0 Å². The second-order valence-corrected chi connectivity index (χ2v) is 4.31. The normalized spacial score (nSPS) is 23.4. The summed E-state index contributed by atoms with van der Waals surface area (Å²) in [4.78, 5) is 11.3. The molecule has 1 saturated heterocycles. The van der Waals surface area contributed by atoms with Crippen LogP contribution in [-0.4, -0.2) is 17.7 Å². The van der Waals surface area contributed by atoms with Crippen LogP contribution in [0.25, 0.3) is 0 Å². The lowest BCUT2D eigenvalue weighted by Gasteiger charge is -2.32. The Labute approximate surface area is 91.2 Å². The molecule has 1 amide bonds. The minimum Gasteiger partial charge on any atom is -0.440 e. The number of cyclic esters (lactones) is 1. The van der Waals surface area contributed by atoms with Crippen LogP contribution in [0.15, 0.2) is 25.3 Å². The topological polar surface area (TPSA) is 38.3 Å². The molecule has 0 aromatic heterocycles. The molecule has 0 spiro atoms. The van der Waals surface area contributed by atoms with Gasteiger partial charge in [-0.3, -0.25) is 0 Å². The third-order valence-corrected chi connectivity index (χ3v) is 2.78. The van der Waals surface area contributed by atoms with Crippen molar-refractivity contribution in [2.45, 2.75) is 38.3 Å². The Balaban J connectivity index is 2.95. The highest BCUT2D eigenvalue weighted by Crippen LogP contribution is 2.34. The Morgan fingerprint density at radius 1 is 1.47 bits per heavy atom. The van der Waals surface area contributed by atoms with E-state index in [2.05, 4.69) is 32.3 Å². The van der Waals surface area contributed by atoms with Gasteiger partial charge >= 0.3 is 6.09 Å². The number of carbonyl (C=O) groups excluding carboxylic acids is 1. The summed E-state index contributed by atoms with van der Waals surface area (Å²) in [7, 11) is 0. The van der Waals surface area contributed by atoms with Crippen LogP contribution < -0.4 is 5.32 Å². The lowest BCUT2D eigenvalue weighted by molar-refractivity contribution is 0.0311. The summed E-state index contributed by atoms with van der Waals surface area (Å²) in [6.07, 6.45) is 4.55. The Kier molecular flexibility index (Phi) is 3.56. The van der Waals surface area contributed by atoms with Gasteiger partial charge < -0.3 is 10.1 Å². The van der Waals surface area contributed by atoms with Gasteiger partial charge in [-0.1, -0.05) is 26.0 Å². The first kappa shape index (κ1) is 11.8. The van der Waals surface area contributed by atoms with Crippen LogP contribution in [0.5, 0.6) is 0 Å². The highest BCUT2D eigenvalue weighted by Gasteiger charge is 2.48. The van der Waals surface area contributed by atoms with E-state index in [-0.39, 0.29) is 12.1 Å². The van der Waals surface area contributed by atoms with Gasteiger partial charge in [0.1, 0.15) is 5.60 Å². The van der Waals surface area contributed by atoms with Gasteiger partial charge in [0.2, 0.25) is 0 Å². The van der Waals surface area contributed by atoms with Crippen molar-refractivity contribution in [1.82, 2.24) is 5.32 Å². The number of nitrogens with one attached hydrogen (secondary N) is 1. The van der Waals surface area contributed by atoms with Crippen LogP contribution in [0.2, 0.25) is 0 Å². The first-order chi connectivity index (χ1) is 7.05. The molecule has 1 N–H and O–H groups in total. The number of hydrogen-bond donors (Lipinski definition) is 1. The van der Waals surface area contributed by atoms with E-state index < -0.39 is 5.60 Å². The lowest BCUT2D eigenvalue weighted by Crippen LogP contribution is -2.46. The van der Waals surface area contributed by atoms with Crippen LogP contribution in [0, 0.1) is 5.92 Å². The minimum atomic E-state index is -0.491. The van der Waals surface area contributed by atoms with Crippen molar-refractivity contribution in [3.05, 3.63) is 25.3 Å². The summed E-state index contributed by atoms with van der Waals surface area (Å²) < 4.78 is 5.41. The minimum absolute atomic E-state index is 0.0287. The van der Waals surface area contributed by atoms with Crippen LogP contribution in [0.1, 0.15) is 26.7 Å². The third-order valence-electron chi connectivity index (χ3n) is 2.78. The summed E-state index contributed by atoms with van der Waals surface area (Å²) >= 11 is 0. The molecule has 0 bridgehead atoms. The van der Waals surface area contributed by atoms with Gasteiger partial charge in [0.05, 0.1) is 6.04 Å². The van der Waals surface area contributed by atoms with Crippen molar-refractivity contribution in [3.8, 4) is 0 Å². The lowest BCUT2D eigenvalue weighted by atomic mass is 9.82. The van der Waals surface area contributed by atoms with Gasteiger partial charge in [0, 0.05) is 12.8 Å². The molecule has 1 unspecified atom stereocenters. The maximum atomic E-state index is 11.3. The van der Waals surface area contributed by atoms with Gasteiger partial charge in [0.25, 0.3) is 0 Å². The fourth-order valence-electron chi connectivity index (χ4n) is 2.22. The molecule has 1 fully saturated rings. The molecule has 0 aromatic rings. The molecule has 3 nitrogen and oxygen atoms in total. The standard InChI is InChI=1S/C12H19NO2/c1-5-7-12(8-6-2)10(9(3)4)13-11(14)15-12/h5-6,9-10H,1-2,7-8H2,3-4H3,(H,13,14). The number of rotatable bonds is 5. The first-order valence-electron chi connectivity index (χ1n) is 5.27. The molecule has 1 aliphatic heterocycles. The molecule has 0 saturated carbocycles. The predicted molar refractivity (Wildman–Crippen MR) is 60.6 cm³/mol. The monoisotopic (exact) mass is 209 g/mol. The molecular weight excluding hydrogens is 190 g/mol. The zero-order valence-electron chi connectivity index (χ0n) is 9.45. The van der Waals surface area contributed by atoms with E-state index in [9.17, 15) is 4.79 Å². The highest BCUT2D eigenvalue weighted by molar-refractivity contribution is 5.71. The molecular formula is C12H19NO2. The fourth-order valence-corrected chi connectivity index (χ4v) is 2.22. The Morgan fingerprint density at radius 2 is 2.00 bits per heavy atom. The summed E-state index contributed by atoms with van der Waals surface area (Å²) in [5.74, 6) is 0.330. The van der Waals surface area contributed by atoms with Crippen LogP contribution in [-0.2, 0) is 4.74 Å². The van der Waals surface area contributed by atoms with Crippen molar-refractivity contribution in [3.63, 3.8) is 0 Å². The average Bonchev–Trinajstić information content (AvgIpc) is 2.44. The summed E-state index contributed by atoms with van der Waals surface area (Å²) in [6, 6.07) is 0.0287. The summed E-state index contributed by atoms with van der Waals surface area (Å²) in [6.45, 7) is 11.6. The molecule has 0 aliphatic carbocycles. The fraction of sp³-hybridized carbons (Fsp3) is 0.583. The molecule has 0 radical (unpaired) electrons. The second kappa shape index (κ2) is 4.51. The second-order valence-electron chi connectivity index (χ2n) is 4.31. The van der Waals surface area contributed by atoms with Crippen molar-refractivity contribution < 1.29 is 9.53 Å². The predicted octanol–water partition coefficient (Wildman–Crippen LogP) is 2.64. The Bertz CT molecular complexity index is 261. The number of alkyl carbamates (subject to hydrolysis) is 1. The molecule has 1 atom stereocenters. The number of ether oxygens (including phenoxy) is 1. The van der Waals surface area contributed by atoms with Crippen molar-refractivity contribution in [2.75, 3.05) is 0 Å². The molecule has 1 rings (SSSR count). The Morgan fingerprint density at radius 3 is 2.40 bits per heavy atom. The zero-order chi connectivity index (χ0) is 11.5. The number of amides is 1. The van der Waals surface area contributed by atoms with E-state index in [1.54, 1.807) is 12.2 Å². The molecule has 1 heterocycles. The van der Waals surface area contributed by atoms with E-state index in [4.69, 9.17) is 4.74 Å². The number of carbonyl (C=O) groups is 1. The van der Waals surface area contributed by atoms with Gasteiger partial charge in [-0.15, -0.1) is 13.2 Å². The summed E-state index contributed by atoms with van der Waals surface area (Å²) in [5, 5.41) is 2.86. The van der Waals surface area contributed by atoms with Gasteiger partial charge in [-0.2, -0.15) is 0 Å². The van der Waals surface area contributed by atoms with Gasteiger partial charge in [0.15, 0.2) is 0 Å². The largest absolute Gasteiger partial charge is 0.440 e. The molecule has 1 aliphatic rings. The summed E-state index contributed by atoms with van der Waals surface area (Å²) in [5.41, 5.74) is -0.491.